The smallest absolute Gasteiger partial charge is 0.247 e. The average Bonchev–Trinajstić information content (AvgIpc) is 3.57. The molecule has 3 N–H and O–H groups in total. The van der Waals surface area contributed by atoms with E-state index in [1.807, 2.05) is 36.4 Å². The van der Waals surface area contributed by atoms with Crippen LogP contribution in [0.2, 0.25) is 5.02 Å². The lowest BCUT2D eigenvalue weighted by atomic mass is 9.84. The summed E-state index contributed by atoms with van der Waals surface area (Å²) in [5.41, 5.74) is 1.32. The van der Waals surface area contributed by atoms with Crippen LogP contribution in [-0.4, -0.2) is 58.3 Å². The molecule has 7 nitrogen and oxygen atoms in total. The minimum absolute atomic E-state index is 0.0124. The highest BCUT2D eigenvalue weighted by molar-refractivity contribution is 14.1. The lowest BCUT2D eigenvalue weighted by Gasteiger charge is -2.41. The molecule has 6 atom stereocenters. The Hall–Kier alpha value is -2.14. The highest BCUT2D eigenvalue weighted by Gasteiger charge is 2.44. The summed E-state index contributed by atoms with van der Waals surface area (Å²) in [6.45, 7) is 0.223. The molecule has 0 aromatic heterocycles. The summed E-state index contributed by atoms with van der Waals surface area (Å²) < 4.78 is 7.14. The number of ether oxygens (including phenoxy) is 1. The molecule has 5 rings (SSSR count). The number of carbonyl (C=O) groups is 2. The van der Waals surface area contributed by atoms with Crippen LogP contribution >= 0.6 is 34.2 Å². The number of aliphatic hydroxyl groups is 2. The fraction of sp³-hybridized carbons (Fsp3) is 0.484. The Bertz CT molecular complexity index is 1240. The Morgan fingerprint density at radius 2 is 1.88 bits per heavy atom. The fourth-order valence-electron chi connectivity index (χ4n) is 6.61. The van der Waals surface area contributed by atoms with E-state index in [1.54, 1.807) is 23.1 Å². The van der Waals surface area contributed by atoms with Crippen molar-refractivity contribution in [3.63, 3.8) is 0 Å². The van der Waals surface area contributed by atoms with E-state index in [1.165, 1.54) is 19.3 Å². The van der Waals surface area contributed by atoms with Gasteiger partial charge in [0.1, 0.15) is 18.0 Å². The van der Waals surface area contributed by atoms with Gasteiger partial charge < -0.3 is 25.2 Å². The largest absolute Gasteiger partial charge is 0.482 e. The van der Waals surface area contributed by atoms with Crippen molar-refractivity contribution in [3.8, 4) is 5.75 Å². The van der Waals surface area contributed by atoms with Crippen molar-refractivity contribution in [2.75, 3.05) is 13.2 Å². The molecule has 2 fully saturated rings. The van der Waals surface area contributed by atoms with Crippen molar-refractivity contribution in [2.24, 2.45) is 17.8 Å². The maximum Gasteiger partial charge on any atom is 0.247 e. The maximum absolute atomic E-state index is 14.1. The molecular formula is C31H36ClIN2O5. The van der Waals surface area contributed by atoms with Crippen LogP contribution in [0.5, 0.6) is 5.75 Å². The van der Waals surface area contributed by atoms with Gasteiger partial charge >= 0.3 is 0 Å². The average molecular weight is 679 g/mol. The lowest BCUT2D eigenvalue weighted by Crippen LogP contribution is -2.55. The van der Waals surface area contributed by atoms with Gasteiger partial charge in [0.25, 0.3) is 0 Å². The second kappa shape index (κ2) is 13.2. The van der Waals surface area contributed by atoms with Crippen molar-refractivity contribution in [3.05, 3.63) is 74.3 Å². The highest BCUT2D eigenvalue weighted by Crippen LogP contribution is 2.50. The topological polar surface area (TPSA) is 99.1 Å². The van der Waals surface area contributed by atoms with E-state index in [2.05, 4.69) is 27.9 Å². The molecule has 3 aliphatic carbocycles. The monoisotopic (exact) mass is 678 g/mol. The summed E-state index contributed by atoms with van der Waals surface area (Å²) in [4.78, 5) is 28.9. The molecule has 0 heterocycles. The molecule has 0 saturated heterocycles. The van der Waals surface area contributed by atoms with Gasteiger partial charge in [0.05, 0.1) is 16.2 Å². The van der Waals surface area contributed by atoms with Crippen LogP contribution in [0.25, 0.3) is 0 Å². The van der Waals surface area contributed by atoms with E-state index in [0.29, 0.717) is 41.1 Å². The summed E-state index contributed by atoms with van der Waals surface area (Å²) in [6.07, 6.45) is 5.13. The standard InChI is InChI=1S/C31H36ClIN2O5/c32-24-9-6-19(7-10-24)18-35(29(37)17-22-14-20-5-8-21(22)13-20)26-15-23(31(39)34-11-12-36)16-28(30(26)38)40-27-4-2-1-3-25(27)33/h1-4,6-7,9-10,16,20-22,26,28,30,36,38H,5,8,11-15,17-18H2,(H,34,39)/t20?,21?,22?,26-,28+,30+/m1/s1. The Morgan fingerprint density at radius 1 is 1.10 bits per heavy atom. The number of benzene rings is 2. The van der Waals surface area contributed by atoms with Crippen LogP contribution < -0.4 is 10.1 Å². The van der Waals surface area contributed by atoms with Gasteiger partial charge in [-0.25, -0.2) is 0 Å². The fourth-order valence-corrected chi connectivity index (χ4v) is 7.25. The van der Waals surface area contributed by atoms with Crippen LogP contribution in [0.15, 0.2) is 60.2 Å². The zero-order valence-corrected chi connectivity index (χ0v) is 25.3. The molecule has 2 aromatic carbocycles. The number of carbonyl (C=O) groups excluding carboxylic acids is 2. The SMILES string of the molecule is O=C(NCCO)C1=C[C@H](Oc2ccccc2I)[C@@H](O)[C@H](N(Cc2ccc(Cl)cc2)C(=O)CC2CC3CCC2C3)C1. The molecule has 9 heteroatoms. The van der Waals surface area contributed by atoms with E-state index < -0.39 is 18.2 Å². The third-order valence-corrected chi connectivity index (χ3v) is 9.77. The zero-order valence-electron chi connectivity index (χ0n) is 22.3. The minimum Gasteiger partial charge on any atom is -0.482 e. The van der Waals surface area contributed by atoms with Gasteiger partial charge in [0.2, 0.25) is 11.8 Å². The van der Waals surface area contributed by atoms with Gasteiger partial charge in [-0.05, 0) is 95.5 Å². The van der Waals surface area contributed by atoms with Crippen molar-refractivity contribution in [1.82, 2.24) is 10.2 Å². The Balaban J connectivity index is 1.45. The molecule has 0 spiro atoms. The van der Waals surface area contributed by atoms with Crippen molar-refractivity contribution >= 4 is 46.0 Å². The van der Waals surface area contributed by atoms with E-state index in [0.717, 1.165) is 21.5 Å². The molecule has 2 bridgehead atoms. The third-order valence-electron chi connectivity index (χ3n) is 8.62. The highest BCUT2D eigenvalue weighted by atomic mass is 127. The number of amides is 2. The predicted molar refractivity (Wildman–Crippen MR) is 162 cm³/mol. The van der Waals surface area contributed by atoms with Crippen LogP contribution in [0, 0.1) is 21.3 Å². The molecule has 0 aliphatic heterocycles. The van der Waals surface area contributed by atoms with Gasteiger partial charge in [-0.2, -0.15) is 0 Å². The number of nitrogens with one attached hydrogen (secondary N) is 1. The quantitative estimate of drug-likeness (QED) is 0.316. The Kier molecular flexibility index (Phi) is 9.71. The number of halogens is 2. The van der Waals surface area contributed by atoms with Crippen LogP contribution in [0.3, 0.4) is 0 Å². The van der Waals surface area contributed by atoms with Gasteiger partial charge in [0.15, 0.2) is 0 Å². The first-order valence-electron chi connectivity index (χ1n) is 14.0. The van der Waals surface area contributed by atoms with E-state index >= 15 is 0 Å². The number of hydrogen-bond donors (Lipinski definition) is 3. The van der Waals surface area contributed by atoms with E-state index in [4.69, 9.17) is 16.3 Å². The number of fused-ring (bicyclic) bond motifs is 2. The molecule has 3 unspecified atom stereocenters. The second-order valence-corrected chi connectivity index (χ2v) is 12.8. The predicted octanol–water partition coefficient (Wildman–Crippen LogP) is 4.72. The summed E-state index contributed by atoms with van der Waals surface area (Å²) in [6, 6.07) is 14.2. The zero-order chi connectivity index (χ0) is 28.2. The number of para-hydroxylation sites is 1. The molecular weight excluding hydrogens is 643 g/mol. The third kappa shape index (κ3) is 6.83. The minimum atomic E-state index is -1.05. The van der Waals surface area contributed by atoms with E-state index in [9.17, 15) is 19.8 Å². The first-order chi connectivity index (χ1) is 19.3. The Labute approximate surface area is 254 Å². The second-order valence-electron chi connectivity index (χ2n) is 11.2. The van der Waals surface area contributed by atoms with Crippen molar-refractivity contribution in [1.29, 1.82) is 0 Å². The van der Waals surface area contributed by atoms with Crippen LogP contribution in [-0.2, 0) is 16.1 Å². The molecule has 40 heavy (non-hydrogen) atoms. The van der Waals surface area contributed by atoms with Gasteiger partial charge in [0, 0.05) is 36.5 Å². The normalized spacial score (nSPS) is 27.2. The van der Waals surface area contributed by atoms with E-state index in [-0.39, 0.29) is 31.4 Å². The lowest BCUT2D eigenvalue weighted by molar-refractivity contribution is -0.141. The van der Waals surface area contributed by atoms with Gasteiger partial charge in [-0.1, -0.05) is 42.3 Å². The first kappa shape index (κ1) is 29.4. The van der Waals surface area contributed by atoms with Crippen LogP contribution in [0.1, 0.15) is 44.1 Å². The number of nitrogens with zero attached hydrogens (tertiary/aromatic N) is 1. The maximum atomic E-state index is 14.1. The summed E-state index contributed by atoms with van der Waals surface area (Å²) in [5, 5.41) is 24.3. The molecule has 2 aromatic rings. The van der Waals surface area contributed by atoms with Gasteiger partial charge in [-0.15, -0.1) is 0 Å². The van der Waals surface area contributed by atoms with Crippen LogP contribution in [0.4, 0.5) is 0 Å². The first-order valence-corrected chi connectivity index (χ1v) is 15.5. The molecule has 2 amide bonds. The summed E-state index contributed by atoms with van der Waals surface area (Å²) in [5.74, 6) is 1.93. The molecule has 0 radical (unpaired) electrons. The Morgan fingerprint density at radius 3 is 2.55 bits per heavy atom. The molecule has 214 valence electrons. The summed E-state index contributed by atoms with van der Waals surface area (Å²) in [7, 11) is 0. The number of hydrogen-bond acceptors (Lipinski definition) is 5. The number of aliphatic hydroxyl groups excluding tert-OH is 2. The van der Waals surface area contributed by atoms with Crippen molar-refractivity contribution in [2.45, 2.75) is 63.3 Å². The van der Waals surface area contributed by atoms with Gasteiger partial charge in [-0.3, -0.25) is 9.59 Å². The molecule has 3 aliphatic rings. The summed E-state index contributed by atoms with van der Waals surface area (Å²) >= 11 is 8.30. The number of rotatable bonds is 10. The molecule has 2 saturated carbocycles. The van der Waals surface area contributed by atoms with Crippen molar-refractivity contribution < 1.29 is 24.5 Å².